The van der Waals surface area contributed by atoms with Crippen molar-refractivity contribution in [3.8, 4) is 6.07 Å². The van der Waals surface area contributed by atoms with Crippen LogP contribution in [0.5, 0.6) is 0 Å². The van der Waals surface area contributed by atoms with Gasteiger partial charge in [-0.25, -0.2) is 0 Å². The number of hydrogen-bond donors (Lipinski definition) is 0. The molecule has 4 unspecified atom stereocenters. The van der Waals surface area contributed by atoms with Gasteiger partial charge in [-0.3, -0.25) is 0 Å². The van der Waals surface area contributed by atoms with Crippen molar-refractivity contribution >= 4 is 0 Å². The average molecular weight is 215 g/mol. The molecule has 1 nitrogen and oxygen atoms in total. The van der Waals surface area contributed by atoms with Gasteiger partial charge in [0.1, 0.15) is 0 Å². The summed E-state index contributed by atoms with van der Waals surface area (Å²) in [6.45, 7) is 4.28. The SMILES string of the molecule is C/C=C/[C@@H]1CCC2C(C=CC(C)C2C#N)C1. The normalized spacial score (nSPS) is 42.9. The largest absolute Gasteiger partial charge is 0.198 e. The number of nitrogens with zero attached hydrogens (tertiary/aromatic N) is 1. The highest BCUT2D eigenvalue weighted by molar-refractivity contribution is 5.12. The fourth-order valence-corrected chi connectivity index (χ4v) is 3.42. The molecule has 1 heteroatoms. The monoisotopic (exact) mass is 215 g/mol. The van der Waals surface area contributed by atoms with Crippen molar-refractivity contribution in [2.75, 3.05) is 0 Å². The predicted molar refractivity (Wildman–Crippen MR) is 66.5 cm³/mol. The van der Waals surface area contributed by atoms with E-state index >= 15 is 0 Å². The summed E-state index contributed by atoms with van der Waals surface area (Å²) in [6, 6.07) is 2.53. The molecule has 0 aromatic carbocycles. The van der Waals surface area contributed by atoms with E-state index in [1.54, 1.807) is 0 Å². The minimum absolute atomic E-state index is 0.251. The zero-order valence-corrected chi connectivity index (χ0v) is 10.3. The summed E-state index contributed by atoms with van der Waals surface area (Å²) in [4.78, 5) is 0. The van der Waals surface area contributed by atoms with Gasteiger partial charge in [0, 0.05) is 0 Å². The molecule has 0 bridgehead atoms. The lowest BCUT2D eigenvalue weighted by atomic mass is 9.63. The summed E-state index contributed by atoms with van der Waals surface area (Å²) in [5, 5.41) is 9.27. The molecule has 86 valence electrons. The highest BCUT2D eigenvalue weighted by Gasteiger charge is 2.37. The minimum atomic E-state index is 0.251. The van der Waals surface area contributed by atoms with Crippen LogP contribution >= 0.6 is 0 Å². The maximum absolute atomic E-state index is 9.27. The molecule has 0 aromatic heterocycles. The van der Waals surface area contributed by atoms with E-state index in [4.69, 9.17) is 0 Å². The van der Waals surface area contributed by atoms with E-state index < -0.39 is 0 Å². The molecule has 0 radical (unpaired) electrons. The first-order valence-corrected chi connectivity index (χ1v) is 6.47. The Morgan fingerprint density at radius 1 is 1.31 bits per heavy atom. The third-order valence-electron chi connectivity index (χ3n) is 4.30. The Bertz CT molecular complexity index is 334. The van der Waals surface area contributed by atoms with E-state index in [1.807, 2.05) is 0 Å². The van der Waals surface area contributed by atoms with Crippen LogP contribution in [-0.4, -0.2) is 0 Å². The topological polar surface area (TPSA) is 23.8 Å². The van der Waals surface area contributed by atoms with Crippen LogP contribution in [0.15, 0.2) is 24.3 Å². The molecule has 16 heavy (non-hydrogen) atoms. The van der Waals surface area contributed by atoms with Crippen LogP contribution in [0.1, 0.15) is 33.1 Å². The molecule has 2 aliphatic carbocycles. The average Bonchev–Trinajstić information content (AvgIpc) is 2.30. The van der Waals surface area contributed by atoms with Crippen molar-refractivity contribution in [2.24, 2.45) is 29.6 Å². The molecule has 1 saturated carbocycles. The van der Waals surface area contributed by atoms with Gasteiger partial charge in [-0.1, -0.05) is 31.2 Å². The maximum atomic E-state index is 9.27. The predicted octanol–water partition coefficient (Wildman–Crippen LogP) is 3.94. The molecular weight excluding hydrogens is 194 g/mol. The molecule has 0 heterocycles. The summed E-state index contributed by atoms with van der Waals surface area (Å²) >= 11 is 0. The standard InChI is InChI=1S/C15H21N/c1-3-4-12-6-8-14-13(9-12)7-5-11(2)15(14)10-16/h3-5,7,11-15H,6,8-9H2,1-2H3/b4-3+/t11?,12-,13?,14?,15?/m1/s1. The van der Waals surface area contributed by atoms with Gasteiger partial charge in [-0.05, 0) is 49.9 Å². The molecule has 0 aromatic rings. The zero-order valence-electron chi connectivity index (χ0n) is 10.3. The van der Waals surface area contributed by atoms with E-state index in [0.717, 1.165) is 5.92 Å². The summed E-state index contributed by atoms with van der Waals surface area (Å²) < 4.78 is 0. The Labute approximate surface area is 98.9 Å². The Kier molecular flexibility index (Phi) is 3.49. The molecule has 1 fully saturated rings. The van der Waals surface area contributed by atoms with Crippen molar-refractivity contribution < 1.29 is 0 Å². The quantitative estimate of drug-likeness (QED) is 0.608. The zero-order chi connectivity index (χ0) is 11.5. The van der Waals surface area contributed by atoms with Gasteiger partial charge < -0.3 is 0 Å². The number of allylic oxidation sites excluding steroid dienone is 4. The van der Waals surface area contributed by atoms with Crippen LogP contribution in [0.4, 0.5) is 0 Å². The van der Waals surface area contributed by atoms with Gasteiger partial charge in [-0.15, -0.1) is 0 Å². The Hall–Kier alpha value is -1.03. The third-order valence-corrected chi connectivity index (χ3v) is 4.30. The van der Waals surface area contributed by atoms with Crippen molar-refractivity contribution in [1.29, 1.82) is 5.26 Å². The Morgan fingerprint density at radius 2 is 2.12 bits per heavy atom. The summed E-state index contributed by atoms with van der Waals surface area (Å²) in [5.74, 6) is 2.71. The lowest BCUT2D eigenvalue weighted by Gasteiger charge is -2.40. The number of hydrogen-bond acceptors (Lipinski definition) is 1. The van der Waals surface area contributed by atoms with Gasteiger partial charge in [0.05, 0.1) is 12.0 Å². The van der Waals surface area contributed by atoms with E-state index in [2.05, 4.69) is 44.2 Å². The van der Waals surface area contributed by atoms with Gasteiger partial charge in [0.2, 0.25) is 0 Å². The Balaban J connectivity index is 2.11. The van der Waals surface area contributed by atoms with E-state index in [1.165, 1.54) is 19.3 Å². The van der Waals surface area contributed by atoms with Crippen molar-refractivity contribution in [1.82, 2.24) is 0 Å². The smallest absolute Gasteiger partial charge is 0.0665 e. The second-order valence-electron chi connectivity index (χ2n) is 5.33. The second-order valence-corrected chi connectivity index (χ2v) is 5.33. The Morgan fingerprint density at radius 3 is 2.81 bits per heavy atom. The highest BCUT2D eigenvalue weighted by Crippen LogP contribution is 2.44. The highest BCUT2D eigenvalue weighted by atomic mass is 14.4. The van der Waals surface area contributed by atoms with Crippen LogP contribution < -0.4 is 0 Å². The van der Waals surface area contributed by atoms with Crippen molar-refractivity contribution in [3.05, 3.63) is 24.3 Å². The molecule has 0 spiro atoms. The molecule has 2 rings (SSSR count). The van der Waals surface area contributed by atoms with Crippen molar-refractivity contribution in [3.63, 3.8) is 0 Å². The molecule has 0 aliphatic heterocycles. The van der Waals surface area contributed by atoms with E-state index in [9.17, 15) is 5.26 Å². The molecule has 0 saturated heterocycles. The van der Waals surface area contributed by atoms with Crippen molar-refractivity contribution in [2.45, 2.75) is 33.1 Å². The molecule has 5 atom stereocenters. The molecular formula is C15H21N. The first kappa shape index (κ1) is 11.5. The van der Waals surface area contributed by atoms with Crippen LogP contribution in [0.2, 0.25) is 0 Å². The van der Waals surface area contributed by atoms with Crippen LogP contribution in [0.25, 0.3) is 0 Å². The molecule has 0 amide bonds. The minimum Gasteiger partial charge on any atom is -0.198 e. The lowest BCUT2D eigenvalue weighted by Crippen LogP contribution is -2.34. The van der Waals surface area contributed by atoms with Crippen LogP contribution in [-0.2, 0) is 0 Å². The molecule has 2 aliphatic rings. The maximum Gasteiger partial charge on any atom is 0.0665 e. The number of fused-ring (bicyclic) bond motifs is 1. The molecule has 0 N–H and O–H groups in total. The number of nitriles is 1. The van der Waals surface area contributed by atoms with Crippen LogP contribution in [0.3, 0.4) is 0 Å². The van der Waals surface area contributed by atoms with E-state index in [-0.39, 0.29) is 5.92 Å². The lowest BCUT2D eigenvalue weighted by molar-refractivity contribution is 0.165. The van der Waals surface area contributed by atoms with E-state index in [0.29, 0.717) is 17.8 Å². The fraction of sp³-hybridized carbons (Fsp3) is 0.667. The first-order chi connectivity index (χ1) is 7.76. The second kappa shape index (κ2) is 4.87. The summed E-state index contributed by atoms with van der Waals surface area (Å²) in [7, 11) is 0. The van der Waals surface area contributed by atoms with Gasteiger partial charge in [0.25, 0.3) is 0 Å². The van der Waals surface area contributed by atoms with Gasteiger partial charge >= 0.3 is 0 Å². The fourth-order valence-electron chi connectivity index (χ4n) is 3.42. The third kappa shape index (κ3) is 2.07. The summed E-state index contributed by atoms with van der Waals surface area (Å²) in [5.41, 5.74) is 0. The van der Waals surface area contributed by atoms with Gasteiger partial charge in [0.15, 0.2) is 0 Å². The number of rotatable bonds is 1. The van der Waals surface area contributed by atoms with Gasteiger partial charge in [-0.2, -0.15) is 5.26 Å². The van der Waals surface area contributed by atoms with Crippen LogP contribution in [0, 0.1) is 40.9 Å². The summed E-state index contributed by atoms with van der Waals surface area (Å²) in [6.07, 6.45) is 12.9. The first-order valence-electron chi connectivity index (χ1n) is 6.47.